The number of hydrogen-bond donors (Lipinski definition) is 2. The van der Waals surface area contributed by atoms with E-state index < -0.39 is 0 Å². The molecule has 3 rings (SSSR count). The van der Waals surface area contributed by atoms with Crippen molar-refractivity contribution in [2.45, 2.75) is 33.4 Å². The minimum atomic E-state index is 0.361. The number of nitrogens with zero attached hydrogens (tertiary/aromatic N) is 3. The van der Waals surface area contributed by atoms with Crippen LogP contribution < -0.4 is 10.6 Å². The van der Waals surface area contributed by atoms with E-state index in [2.05, 4.69) is 41.5 Å². The average Bonchev–Trinajstić information content (AvgIpc) is 3.01. The molecule has 2 aromatic heterocycles. The predicted molar refractivity (Wildman–Crippen MR) is 82.2 cm³/mol. The maximum absolute atomic E-state index is 4.50. The van der Waals surface area contributed by atoms with Crippen molar-refractivity contribution in [1.29, 1.82) is 0 Å². The van der Waals surface area contributed by atoms with E-state index in [0.29, 0.717) is 12.0 Å². The largest absolute Gasteiger partial charge is 0.370 e. The molecule has 0 bridgehead atoms. The van der Waals surface area contributed by atoms with Gasteiger partial charge in [-0.2, -0.15) is 5.10 Å². The monoisotopic (exact) mass is 291 g/mol. The Labute approximate surface area is 123 Å². The maximum Gasteiger partial charge on any atom is 0.124 e. The van der Waals surface area contributed by atoms with Gasteiger partial charge in [0.05, 0.1) is 16.9 Å². The van der Waals surface area contributed by atoms with Crippen molar-refractivity contribution in [3.8, 4) is 0 Å². The Hall–Kier alpha value is -1.40. The maximum atomic E-state index is 4.50. The molecule has 108 valence electrons. The molecular formula is C14H21N5S. The molecule has 0 spiro atoms. The minimum Gasteiger partial charge on any atom is -0.370 e. The summed E-state index contributed by atoms with van der Waals surface area (Å²) in [6.07, 6.45) is 1.85. The van der Waals surface area contributed by atoms with Gasteiger partial charge < -0.3 is 10.6 Å². The standard InChI is InChI=1S/C14H21N5S/c1-9(14-10(2)18-11(3)20-14)15-6-12-7-16-13-4-5-17-19(13)8-12/h4-5,9,12,15-16H,6-8H2,1-3H3/t9-,12-/m1/s1. The van der Waals surface area contributed by atoms with Gasteiger partial charge in [0.2, 0.25) is 0 Å². The van der Waals surface area contributed by atoms with Gasteiger partial charge in [-0.25, -0.2) is 9.67 Å². The molecule has 0 fully saturated rings. The quantitative estimate of drug-likeness (QED) is 0.908. The molecule has 0 radical (unpaired) electrons. The number of hydrogen-bond acceptors (Lipinski definition) is 5. The number of aryl methyl sites for hydroxylation is 2. The zero-order chi connectivity index (χ0) is 14.1. The van der Waals surface area contributed by atoms with Crippen LogP contribution >= 0.6 is 11.3 Å². The first-order chi connectivity index (χ1) is 9.63. The van der Waals surface area contributed by atoms with E-state index >= 15 is 0 Å². The number of fused-ring (bicyclic) bond motifs is 1. The molecule has 20 heavy (non-hydrogen) atoms. The van der Waals surface area contributed by atoms with E-state index in [1.807, 2.05) is 16.9 Å². The fraction of sp³-hybridized carbons (Fsp3) is 0.571. The van der Waals surface area contributed by atoms with Crippen LogP contribution in [-0.2, 0) is 6.54 Å². The van der Waals surface area contributed by atoms with Crippen molar-refractivity contribution < 1.29 is 0 Å². The second-order valence-electron chi connectivity index (χ2n) is 5.46. The van der Waals surface area contributed by atoms with E-state index in [-0.39, 0.29) is 0 Å². The predicted octanol–water partition coefficient (Wildman–Crippen LogP) is 2.35. The van der Waals surface area contributed by atoms with Gasteiger partial charge in [-0.15, -0.1) is 11.3 Å². The van der Waals surface area contributed by atoms with Gasteiger partial charge in [-0.05, 0) is 20.8 Å². The van der Waals surface area contributed by atoms with E-state index in [4.69, 9.17) is 0 Å². The highest BCUT2D eigenvalue weighted by atomic mass is 32.1. The normalized spacial score (nSPS) is 19.4. The van der Waals surface area contributed by atoms with Gasteiger partial charge >= 0.3 is 0 Å². The summed E-state index contributed by atoms with van der Waals surface area (Å²) in [4.78, 5) is 5.85. The zero-order valence-electron chi connectivity index (χ0n) is 12.2. The summed E-state index contributed by atoms with van der Waals surface area (Å²) in [6, 6.07) is 2.38. The second kappa shape index (κ2) is 5.54. The molecule has 0 saturated carbocycles. The van der Waals surface area contributed by atoms with E-state index in [1.165, 1.54) is 4.88 Å². The topological polar surface area (TPSA) is 54.8 Å². The minimum absolute atomic E-state index is 0.361. The molecule has 0 aliphatic carbocycles. The van der Waals surface area contributed by atoms with Crippen LogP contribution in [0, 0.1) is 19.8 Å². The molecule has 1 aliphatic rings. The van der Waals surface area contributed by atoms with Crippen molar-refractivity contribution in [2.75, 3.05) is 18.4 Å². The lowest BCUT2D eigenvalue weighted by Crippen LogP contribution is -2.36. The van der Waals surface area contributed by atoms with Crippen molar-refractivity contribution in [3.05, 3.63) is 27.8 Å². The summed E-state index contributed by atoms with van der Waals surface area (Å²) in [6.45, 7) is 9.36. The third-order valence-electron chi connectivity index (χ3n) is 3.76. The highest BCUT2D eigenvalue weighted by molar-refractivity contribution is 7.11. The lowest BCUT2D eigenvalue weighted by atomic mass is 10.1. The Kier molecular flexibility index (Phi) is 3.76. The van der Waals surface area contributed by atoms with Gasteiger partial charge in [-0.1, -0.05) is 0 Å². The molecule has 0 amide bonds. The first-order valence-electron chi connectivity index (χ1n) is 7.06. The molecule has 0 unspecified atom stereocenters. The molecule has 3 heterocycles. The number of nitrogens with one attached hydrogen (secondary N) is 2. The zero-order valence-corrected chi connectivity index (χ0v) is 13.0. The number of aromatic nitrogens is 3. The van der Waals surface area contributed by atoms with Crippen molar-refractivity contribution >= 4 is 17.2 Å². The van der Waals surface area contributed by atoms with Crippen molar-refractivity contribution in [1.82, 2.24) is 20.1 Å². The van der Waals surface area contributed by atoms with Gasteiger partial charge in [0, 0.05) is 42.5 Å². The highest BCUT2D eigenvalue weighted by Gasteiger charge is 2.20. The summed E-state index contributed by atoms with van der Waals surface area (Å²) in [5.41, 5.74) is 1.16. The molecule has 2 atom stereocenters. The Morgan fingerprint density at radius 1 is 1.55 bits per heavy atom. The smallest absolute Gasteiger partial charge is 0.124 e. The summed E-state index contributed by atoms with van der Waals surface area (Å²) < 4.78 is 2.04. The fourth-order valence-corrected chi connectivity index (χ4v) is 3.66. The summed E-state index contributed by atoms with van der Waals surface area (Å²) in [7, 11) is 0. The first kappa shape index (κ1) is 13.6. The molecule has 1 aliphatic heterocycles. The molecule has 0 aromatic carbocycles. The average molecular weight is 291 g/mol. The Bertz CT molecular complexity index is 588. The number of thiazole rings is 1. The van der Waals surface area contributed by atoms with Gasteiger partial charge in [0.1, 0.15) is 5.82 Å². The molecule has 0 saturated heterocycles. The van der Waals surface area contributed by atoms with Gasteiger partial charge in [0.15, 0.2) is 0 Å². The van der Waals surface area contributed by atoms with Crippen LogP contribution in [0.2, 0.25) is 0 Å². The van der Waals surface area contributed by atoms with Gasteiger partial charge in [-0.3, -0.25) is 0 Å². The van der Waals surface area contributed by atoms with E-state index in [1.54, 1.807) is 11.3 Å². The summed E-state index contributed by atoms with van der Waals surface area (Å²) in [5, 5.41) is 12.5. The summed E-state index contributed by atoms with van der Waals surface area (Å²) >= 11 is 1.79. The van der Waals surface area contributed by atoms with E-state index in [0.717, 1.165) is 36.2 Å². The SMILES string of the molecule is Cc1nc(C)c([C@@H](C)NC[C@@H]2CNc3ccnn3C2)s1. The fourth-order valence-electron chi connectivity index (χ4n) is 2.71. The highest BCUT2D eigenvalue weighted by Crippen LogP contribution is 2.25. The molecule has 2 N–H and O–H groups in total. The van der Waals surface area contributed by atoms with Crippen LogP contribution in [0.5, 0.6) is 0 Å². The second-order valence-corrected chi connectivity index (χ2v) is 6.69. The lowest BCUT2D eigenvalue weighted by molar-refractivity contribution is 0.377. The van der Waals surface area contributed by atoms with Crippen LogP contribution in [-0.4, -0.2) is 27.9 Å². The van der Waals surface area contributed by atoms with Crippen LogP contribution in [0.25, 0.3) is 0 Å². The Morgan fingerprint density at radius 3 is 3.15 bits per heavy atom. The lowest BCUT2D eigenvalue weighted by Gasteiger charge is -2.26. The molecular weight excluding hydrogens is 270 g/mol. The third kappa shape index (κ3) is 2.71. The number of anilines is 1. The molecule has 2 aromatic rings. The Balaban J connectivity index is 1.56. The van der Waals surface area contributed by atoms with E-state index in [9.17, 15) is 0 Å². The Morgan fingerprint density at radius 2 is 2.40 bits per heavy atom. The van der Waals surface area contributed by atoms with Crippen LogP contribution in [0.4, 0.5) is 5.82 Å². The van der Waals surface area contributed by atoms with Gasteiger partial charge in [0.25, 0.3) is 0 Å². The van der Waals surface area contributed by atoms with Crippen LogP contribution in [0.3, 0.4) is 0 Å². The van der Waals surface area contributed by atoms with Crippen molar-refractivity contribution in [2.24, 2.45) is 5.92 Å². The van der Waals surface area contributed by atoms with Crippen LogP contribution in [0.1, 0.15) is 28.5 Å². The summed E-state index contributed by atoms with van der Waals surface area (Å²) in [5.74, 6) is 1.70. The first-order valence-corrected chi connectivity index (χ1v) is 7.88. The number of rotatable bonds is 4. The molecule has 5 nitrogen and oxygen atoms in total. The van der Waals surface area contributed by atoms with Crippen LogP contribution in [0.15, 0.2) is 12.3 Å². The molecule has 6 heteroatoms. The van der Waals surface area contributed by atoms with Crippen molar-refractivity contribution in [3.63, 3.8) is 0 Å². The third-order valence-corrected chi connectivity index (χ3v) is 5.02.